The largest absolute Gasteiger partial charge is 0.490 e. The smallest absolute Gasteiger partial charge is 0.311 e. The minimum absolute atomic E-state index is 0.0793. The van der Waals surface area contributed by atoms with Gasteiger partial charge in [0.1, 0.15) is 0 Å². The second-order valence-corrected chi connectivity index (χ2v) is 3.03. The van der Waals surface area contributed by atoms with E-state index < -0.39 is 10.5 Å². The molecule has 82 valence electrons. The summed E-state index contributed by atoms with van der Waals surface area (Å²) in [6, 6.07) is 2.52. The lowest BCUT2D eigenvalue weighted by Gasteiger charge is -2.02. The molecule has 0 fully saturated rings. The number of H-pyrrole nitrogens is 1. The molecule has 2 aromatic rings. The minimum Gasteiger partial charge on any atom is -0.490 e. The maximum atomic E-state index is 11.4. The van der Waals surface area contributed by atoms with Gasteiger partial charge >= 0.3 is 5.69 Å². The number of benzene rings is 1. The van der Waals surface area contributed by atoms with Crippen molar-refractivity contribution in [3.8, 4) is 5.75 Å². The first-order valence-corrected chi connectivity index (χ1v) is 4.33. The summed E-state index contributed by atoms with van der Waals surface area (Å²) in [5, 5.41) is 10.9. The Morgan fingerprint density at radius 3 is 2.88 bits per heavy atom. The predicted molar refractivity (Wildman–Crippen MR) is 55.6 cm³/mol. The van der Waals surface area contributed by atoms with Crippen molar-refractivity contribution in [1.82, 2.24) is 9.97 Å². The number of rotatable bonds is 2. The number of nitrogens with one attached hydrogen (secondary N) is 1. The Morgan fingerprint density at radius 1 is 1.50 bits per heavy atom. The van der Waals surface area contributed by atoms with Gasteiger partial charge in [-0.3, -0.25) is 14.9 Å². The lowest BCUT2D eigenvalue weighted by Crippen LogP contribution is -2.07. The molecule has 2 rings (SSSR count). The molecule has 0 spiro atoms. The third kappa shape index (κ3) is 1.48. The van der Waals surface area contributed by atoms with Gasteiger partial charge in [0, 0.05) is 12.1 Å². The molecule has 1 heterocycles. The molecular formula is C9H7N3O4. The van der Waals surface area contributed by atoms with Crippen LogP contribution in [0.4, 0.5) is 5.69 Å². The third-order valence-corrected chi connectivity index (χ3v) is 2.14. The lowest BCUT2D eigenvalue weighted by atomic mass is 10.2. The number of fused-ring (bicyclic) bond motifs is 1. The lowest BCUT2D eigenvalue weighted by molar-refractivity contribution is -0.385. The number of hydrogen-bond acceptors (Lipinski definition) is 5. The maximum Gasteiger partial charge on any atom is 0.311 e. The molecule has 0 saturated heterocycles. The van der Waals surface area contributed by atoms with Crippen molar-refractivity contribution in [2.24, 2.45) is 0 Å². The first kappa shape index (κ1) is 10.1. The van der Waals surface area contributed by atoms with Gasteiger partial charge in [-0.15, -0.1) is 0 Å². The van der Waals surface area contributed by atoms with E-state index >= 15 is 0 Å². The van der Waals surface area contributed by atoms with Crippen LogP contribution in [0.2, 0.25) is 0 Å². The molecule has 1 aromatic carbocycles. The van der Waals surface area contributed by atoms with Crippen molar-refractivity contribution >= 4 is 16.6 Å². The molecule has 0 saturated carbocycles. The fraction of sp³-hybridized carbons (Fsp3) is 0.111. The highest BCUT2D eigenvalue weighted by atomic mass is 16.6. The molecule has 0 radical (unpaired) electrons. The van der Waals surface area contributed by atoms with Crippen molar-refractivity contribution in [1.29, 1.82) is 0 Å². The van der Waals surface area contributed by atoms with Crippen LogP contribution in [0.25, 0.3) is 10.9 Å². The van der Waals surface area contributed by atoms with Crippen LogP contribution in [0.1, 0.15) is 0 Å². The van der Waals surface area contributed by atoms with Gasteiger partial charge in [-0.05, 0) is 0 Å². The first-order chi connectivity index (χ1) is 7.63. The van der Waals surface area contributed by atoms with Gasteiger partial charge < -0.3 is 9.72 Å². The van der Waals surface area contributed by atoms with Crippen molar-refractivity contribution in [2.45, 2.75) is 0 Å². The molecule has 7 nitrogen and oxygen atoms in total. The predicted octanol–water partition coefficient (Wildman–Crippen LogP) is 0.840. The molecule has 7 heteroatoms. The highest BCUT2D eigenvalue weighted by Gasteiger charge is 2.17. The topological polar surface area (TPSA) is 98.1 Å². The van der Waals surface area contributed by atoms with Crippen LogP contribution in [-0.2, 0) is 0 Å². The molecule has 1 aromatic heterocycles. The van der Waals surface area contributed by atoms with Gasteiger partial charge in [0.05, 0.1) is 29.3 Å². The summed E-state index contributed by atoms with van der Waals surface area (Å²) >= 11 is 0. The Labute approximate surface area is 88.8 Å². The van der Waals surface area contributed by atoms with Gasteiger partial charge in [-0.1, -0.05) is 0 Å². The minimum atomic E-state index is -0.606. The Balaban J connectivity index is 2.86. The van der Waals surface area contributed by atoms with Gasteiger partial charge in [0.25, 0.3) is 5.56 Å². The summed E-state index contributed by atoms with van der Waals surface area (Å²) in [6.45, 7) is 0. The molecule has 0 atom stereocenters. The van der Waals surface area contributed by atoms with E-state index in [1.54, 1.807) is 0 Å². The van der Waals surface area contributed by atoms with Crippen LogP contribution in [0.15, 0.2) is 23.3 Å². The highest BCUT2D eigenvalue weighted by Crippen LogP contribution is 2.29. The van der Waals surface area contributed by atoms with Crippen molar-refractivity contribution in [2.75, 3.05) is 7.11 Å². The van der Waals surface area contributed by atoms with E-state index in [1.807, 2.05) is 0 Å². The first-order valence-electron chi connectivity index (χ1n) is 4.33. The molecule has 1 N–H and O–H groups in total. The summed E-state index contributed by atoms with van der Waals surface area (Å²) in [6.07, 6.45) is 1.23. The van der Waals surface area contributed by atoms with E-state index in [2.05, 4.69) is 9.97 Å². The second-order valence-electron chi connectivity index (χ2n) is 3.03. The van der Waals surface area contributed by atoms with E-state index in [1.165, 1.54) is 19.5 Å². The fourth-order valence-corrected chi connectivity index (χ4v) is 1.39. The molecule has 16 heavy (non-hydrogen) atoms. The summed E-state index contributed by atoms with van der Waals surface area (Å²) in [7, 11) is 1.32. The summed E-state index contributed by atoms with van der Waals surface area (Å²) in [5.41, 5.74) is -0.324. The Bertz CT molecular complexity index is 620. The van der Waals surface area contributed by atoms with E-state index in [0.29, 0.717) is 5.52 Å². The second kappa shape index (κ2) is 3.61. The Morgan fingerprint density at radius 2 is 2.25 bits per heavy atom. The third-order valence-electron chi connectivity index (χ3n) is 2.14. The van der Waals surface area contributed by atoms with Gasteiger partial charge in [-0.25, -0.2) is 4.98 Å². The van der Waals surface area contributed by atoms with Crippen LogP contribution in [-0.4, -0.2) is 22.0 Å². The van der Waals surface area contributed by atoms with Crippen LogP contribution in [0, 0.1) is 10.1 Å². The fourth-order valence-electron chi connectivity index (χ4n) is 1.39. The zero-order chi connectivity index (χ0) is 11.7. The number of hydrogen-bond donors (Lipinski definition) is 1. The van der Waals surface area contributed by atoms with Crippen LogP contribution in [0.3, 0.4) is 0 Å². The van der Waals surface area contributed by atoms with Crippen molar-refractivity contribution < 1.29 is 9.66 Å². The number of aromatic amines is 1. The maximum absolute atomic E-state index is 11.4. The number of methoxy groups -OCH3 is 1. The SMILES string of the molecule is COc1cc2nc[nH]c(=O)c2cc1[N+](=O)[O-]. The highest BCUT2D eigenvalue weighted by molar-refractivity contribution is 5.82. The van der Waals surface area contributed by atoms with E-state index in [9.17, 15) is 14.9 Å². The molecule has 0 bridgehead atoms. The van der Waals surface area contributed by atoms with E-state index in [4.69, 9.17) is 4.74 Å². The van der Waals surface area contributed by atoms with Gasteiger partial charge in [0.15, 0.2) is 5.75 Å². The van der Waals surface area contributed by atoms with Crippen LogP contribution >= 0.6 is 0 Å². The number of nitrogens with zero attached hydrogens (tertiary/aromatic N) is 2. The molecule has 0 unspecified atom stereocenters. The summed E-state index contributed by atoms with van der Waals surface area (Å²) < 4.78 is 4.86. The van der Waals surface area contributed by atoms with E-state index in [0.717, 1.165) is 6.07 Å². The monoisotopic (exact) mass is 221 g/mol. The normalized spacial score (nSPS) is 10.3. The van der Waals surface area contributed by atoms with Gasteiger partial charge in [-0.2, -0.15) is 0 Å². The number of aromatic nitrogens is 2. The van der Waals surface area contributed by atoms with E-state index in [-0.39, 0.29) is 16.8 Å². The molecule has 0 aliphatic carbocycles. The number of nitro benzene ring substituents is 1. The Hall–Kier alpha value is -2.44. The Kier molecular flexibility index (Phi) is 2.28. The van der Waals surface area contributed by atoms with Crippen LogP contribution < -0.4 is 10.3 Å². The van der Waals surface area contributed by atoms with Crippen LogP contribution in [0.5, 0.6) is 5.75 Å². The quantitative estimate of drug-likeness (QED) is 0.598. The summed E-state index contributed by atoms with van der Waals surface area (Å²) in [5.74, 6) is 0.0793. The zero-order valence-corrected chi connectivity index (χ0v) is 8.26. The van der Waals surface area contributed by atoms with Gasteiger partial charge in [0.2, 0.25) is 0 Å². The van der Waals surface area contributed by atoms with Crippen molar-refractivity contribution in [3.05, 3.63) is 38.9 Å². The molecule has 0 aliphatic rings. The molecule has 0 amide bonds. The standard InChI is InChI=1S/C9H7N3O4/c1-16-8-3-6-5(2-7(8)12(14)15)9(13)11-4-10-6/h2-4H,1H3,(H,10,11,13). The summed E-state index contributed by atoms with van der Waals surface area (Å²) in [4.78, 5) is 27.8. The number of nitro groups is 1. The average Bonchev–Trinajstić information content (AvgIpc) is 2.27. The number of ether oxygens (including phenoxy) is 1. The molecular weight excluding hydrogens is 214 g/mol. The molecule has 0 aliphatic heterocycles. The zero-order valence-electron chi connectivity index (χ0n) is 8.26. The average molecular weight is 221 g/mol. The van der Waals surface area contributed by atoms with Crippen molar-refractivity contribution in [3.63, 3.8) is 0 Å².